The molecule has 3 nitrogen and oxygen atoms in total. The number of hydrogen-bond acceptors (Lipinski definition) is 2. The van der Waals surface area contributed by atoms with Gasteiger partial charge in [0.15, 0.2) is 0 Å². The molecular weight excluding hydrogens is 186 g/mol. The van der Waals surface area contributed by atoms with Crippen LogP contribution in [0.25, 0.3) is 22.0 Å². The van der Waals surface area contributed by atoms with E-state index in [2.05, 4.69) is 27.3 Å². The normalized spacial score (nSPS) is 10.7. The van der Waals surface area contributed by atoms with Crippen LogP contribution in [0.15, 0.2) is 48.9 Å². The molecule has 0 aliphatic carbocycles. The maximum atomic E-state index is 4.11. The quantitative estimate of drug-likeness (QED) is 0.648. The second-order valence-corrected chi connectivity index (χ2v) is 3.40. The van der Waals surface area contributed by atoms with Crippen molar-refractivity contribution in [1.29, 1.82) is 0 Å². The minimum absolute atomic E-state index is 0.989. The van der Waals surface area contributed by atoms with E-state index >= 15 is 0 Å². The predicted molar refractivity (Wildman–Crippen MR) is 59.3 cm³/mol. The minimum Gasteiger partial charge on any atom is -0.285 e. The second-order valence-electron chi connectivity index (χ2n) is 3.40. The lowest BCUT2D eigenvalue weighted by Gasteiger charge is -1.99. The third-order valence-electron chi connectivity index (χ3n) is 2.43. The molecule has 3 aromatic rings. The Morgan fingerprint density at radius 2 is 2.07 bits per heavy atom. The summed E-state index contributed by atoms with van der Waals surface area (Å²) < 4.78 is 0. The van der Waals surface area contributed by atoms with Crippen molar-refractivity contribution in [1.82, 2.24) is 15.2 Å². The summed E-state index contributed by atoms with van der Waals surface area (Å²) in [6, 6.07) is 10.2. The van der Waals surface area contributed by atoms with Gasteiger partial charge in [0.25, 0.3) is 0 Å². The van der Waals surface area contributed by atoms with Gasteiger partial charge in [-0.1, -0.05) is 12.1 Å². The van der Waals surface area contributed by atoms with Crippen LogP contribution in [0, 0.1) is 0 Å². The van der Waals surface area contributed by atoms with Crippen molar-refractivity contribution < 1.29 is 0 Å². The number of rotatable bonds is 1. The standard InChI is InChI=1S/C12H9N3/c1-2-10(7-13-5-1)9-3-4-12-11(6-9)8-14-15-12/h1-8H,(H,14,15). The molecule has 0 bridgehead atoms. The van der Waals surface area contributed by atoms with Crippen molar-refractivity contribution in [2.75, 3.05) is 0 Å². The summed E-state index contributed by atoms with van der Waals surface area (Å²) in [5.74, 6) is 0. The number of aromatic amines is 1. The van der Waals surface area contributed by atoms with Crippen molar-refractivity contribution in [3.05, 3.63) is 48.9 Å². The summed E-state index contributed by atoms with van der Waals surface area (Å²) in [5.41, 5.74) is 3.28. The van der Waals surface area contributed by atoms with Crippen molar-refractivity contribution in [3.8, 4) is 11.1 Å². The molecule has 15 heavy (non-hydrogen) atoms. The third-order valence-corrected chi connectivity index (χ3v) is 2.43. The highest BCUT2D eigenvalue weighted by atomic mass is 15.1. The van der Waals surface area contributed by atoms with E-state index in [0.717, 1.165) is 22.0 Å². The summed E-state index contributed by atoms with van der Waals surface area (Å²) >= 11 is 0. The van der Waals surface area contributed by atoms with Gasteiger partial charge in [-0.25, -0.2) is 0 Å². The summed E-state index contributed by atoms with van der Waals surface area (Å²) in [7, 11) is 0. The number of nitrogens with one attached hydrogen (secondary N) is 1. The molecule has 0 aliphatic rings. The van der Waals surface area contributed by atoms with E-state index in [-0.39, 0.29) is 0 Å². The van der Waals surface area contributed by atoms with Gasteiger partial charge in [0.1, 0.15) is 0 Å². The van der Waals surface area contributed by atoms with E-state index in [1.807, 2.05) is 30.6 Å². The first-order valence-corrected chi connectivity index (χ1v) is 4.77. The van der Waals surface area contributed by atoms with Gasteiger partial charge in [0.2, 0.25) is 0 Å². The molecule has 2 aromatic heterocycles. The van der Waals surface area contributed by atoms with Gasteiger partial charge < -0.3 is 0 Å². The van der Waals surface area contributed by atoms with Crippen molar-refractivity contribution in [3.63, 3.8) is 0 Å². The van der Waals surface area contributed by atoms with Crippen molar-refractivity contribution >= 4 is 10.9 Å². The molecule has 72 valence electrons. The molecule has 0 saturated carbocycles. The van der Waals surface area contributed by atoms with Crippen LogP contribution in [0.4, 0.5) is 0 Å². The minimum atomic E-state index is 0.989. The maximum absolute atomic E-state index is 4.11. The van der Waals surface area contributed by atoms with E-state index in [0.29, 0.717) is 0 Å². The van der Waals surface area contributed by atoms with Crippen LogP contribution in [0.2, 0.25) is 0 Å². The number of pyridine rings is 1. The van der Waals surface area contributed by atoms with Gasteiger partial charge in [0.05, 0.1) is 5.52 Å². The molecule has 0 spiro atoms. The van der Waals surface area contributed by atoms with Gasteiger partial charge in [-0.15, -0.1) is 0 Å². The maximum Gasteiger partial charge on any atom is 0.0921 e. The van der Waals surface area contributed by atoms with Gasteiger partial charge in [-0.3, -0.25) is 10.1 Å². The highest BCUT2D eigenvalue weighted by Crippen LogP contribution is 2.22. The van der Waals surface area contributed by atoms with Crippen LogP contribution in [-0.4, -0.2) is 15.2 Å². The van der Waals surface area contributed by atoms with E-state index in [4.69, 9.17) is 0 Å². The van der Waals surface area contributed by atoms with Crippen LogP contribution in [0.1, 0.15) is 0 Å². The highest BCUT2D eigenvalue weighted by molar-refractivity contribution is 5.83. The SMILES string of the molecule is c1cncc(-c2ccc3n[nH]cc3c2)c1. The molecular formula is C12H9N3. The zero-order valence-corrected chi connectivity index (χ0v) is 8.01. The second kappa shape index (κ2) is 3.20. The Balaban J connectivity index is 2.19. The molecule has 0 radical (unpaired) electrons. The lowest BCUT2D eigenvalue weighted by Crippen LogP contribution is -1.78. The van der Waals surface area contributed by atoms with Gasteiger partial charge in [0, 0.05) is 29.5 Å². The first-order chi connectivity index (χ1) is 7.43. The molecule has 1 aromatic carbocycles. The third kappa shape index (κ3) is 1.38. The zero-order valence-electron chi connectivity index (χ0n) is 8.01. The lowest BCUT2D eigenvalue weighted by molar-refractivity contribution is 1.12. The molecule has 0 amide bonds. The van der Waals surface area contributed by atoms with E-state index in [9.17, 15) is 0 Å². The number of hydrogen-bond donors (Lipinski definition) is 1. The number of benzene rings is 1. The summed E-state index contributed by atoms with van der Waals surface area (Å²) in [4.78, 5) is 4.11. The molecule has 2 heterocycles. The highest BCUT2D eigenvalue weighted by Gasteiger charge is 2.00. The first kappa shape index (κ1) is 8.17. The predicted octanol–water partition coefficient (Wildman–Crippen LogP) is 2.62. The molecule has 1 N–H and O–H groups in total. The van der Waals surface area contributed by atoms with Crippen LogP contribution >= 0.6 is 0 Å². The topological polar surface area (TPSA) is 41.6 Å². The fraction of sp³-hybridized carbons (Fsp3) is 0. The smallest absolute Gasteiger partial charge is 0.0921 e. The molecule has 0 atom stereocenters. The fourth-order valence-electron chi connectivity index (χ4n) is 1.66. The largest absolute Gasteiger partial charge is 0.285 e. The molecule has 0 fully saturated rings. The van der Waals surface area contributed by atoms with E-state index < -0.39 is 0 Å². The molecule has 0 saturated heterocycles. The fourth-order valence-corrected chi connectivity index (χ4v) is 1.66. The molecule has 0 aliphatic heterocycles. The summed E-state index contributed by atoms with van der Waals surface area (Å²) in [6.07, 6.45) is 5.54. The Labute approximate surface area is 86.8 Å². The Morgan fingerprint density at radius 1 is 1.07 bits per heavy atom. The van der Waals surface area contributed by atoms with Crippen LogP contribution < -0.4 is 0 Å². The molecule has 3 heteroatoms. The number of nitrogens with zero attached hydrogens (tertiary/aromatic N) is 2. The number of fused-ring (bicyclic) bond motifs is 1. The van der Waals surface area contributed by atoms with Crippen LogP contribution in [-0.2, 0) is 0 Å². The van der Waals surface area contributed by atoms with Crippen LogP contribution in [0.5, 0.6) is 0 Å². The van der Waals surface area contributed by atoms with Crippen molar-refractivity contribution in [2.45, 2.75) is 0 Å². The first-order valence-electron chi connectivity index (χ1n) is 4.77. The van der Waals surface area contributed by atoms with Crippen LogP contribution in [0.3, 0.4) is 0 Å². The number of H-pyrrole nitrogens is 1. The molecule has 0 unspecified atom stereocenters. The van der Waals surface area contributed by atoms with E-state index in [1.165, 1.54) is 0 Å². The summed E-state index contributed by atoms with van der Waals surface area (Å²) in [6.45, 7) is 0. The zero-order chi connectivity index (χ0) is 10.1. The Hall–Kier alpha value is -2.16. The van der Waals surface area contributed by atoms with Gasteiger partial charge >= 0.3 is 0 Å². The average Bonchev–Trinajstić information content (AvgIpc) is 2.77. The van der Waals surface area contributed by atoms with Gasteiger partial charge in [-0.05, 0) is 23.8 Å². The number of aromatic nitrogens is 3. The Kier molecular flexibility index (Phi) is 1.75. The Morgan fingerprint density at radius 3 is 2.93 bits per heavy atom. The lowest BCUT2D eigenvalue weighted by atomic mass is 10.1. The Bertz CT molecular complexity index is 584. The summed E-state index contributed by atoms with van der Waals surface area (Å²) in [5, 5.41) is 8.09. The van der Waals surface area contributed by atoms with Crippen molar-refractivity contribution in [2.24, 2.45) is 0 Å². The van der Waals surface area contributed by atoms with Gasteiger partial charge in [-0.2, -0.15) is 5.10 Å². The monoisotopic (exact) mass is 195 g/mol. The van der Waals surface area contributed by atoms with E-state index in [1.54, 1.807) is 6.20 Å². The average molecular weight is 195 g/mol. The molecule has 3 rings (SSSR count).